The summed E-state index contributed by atoms with van der Waals surface area (Å²) in [6, 6.07) is 5.66. The zero-order chi connectivity index (χ0) is 13.2. The summed E-state index contributed by atoms with van der Waals surface area (Å²) in [5.74, 6) is 0.270. The van der Waals surface area contributed by atoms with Crippen molar-refractivity contribution in [1.82, 2.24) is 0 Å². The molecule has 0 saturated heterocycles. The van der Waals surface area contributed by atoms with E-state index >= 15 is 0 Å². The highest BCUT2D eigenvalue weighted by Crippen LogP contribution is 2.35. The van der Waals surface area contributed by atoms with Crippen LogP contribution in [0.5, 0.6) is 0 Å². The molecule has 3 N–H and O–H groups in total. The number of anilines is 1. The summed E-state index contributed by atoms with van der Waals surface area (Å²) in [5.41, 5.74) is 5.43. The van der Waals surface area contributed by atoms with E-state index in [0.29, 0.717) is 6.54 Å². The zero-order valence-electron chi connectivity index (χ0n) is 10.0. The van der Waals surface area contributed by atoms with Crippen LogP contribution >= 0.6 is 0 Å². The lowest BCUT2D eigenvalue weighted by Gasteiger charge is -2.19. The summed E-state index contributed by atoms with van der Waals surface area (Å²) in [7, 11) is 0. The fraction of sp³-hybridized carbons (Fsp3) is 0.538. The van der Waals surface area contributed by atoms with Gasteiger partial charge in [0.2, 0.25) is 0 Å². The maximum atomic E-state index is 12.8. The molecule has 2 rings (SSSR count). The van der Waals surface area contributed by atoms with Crippen LogP contribution in [0.1, 0.15) is 24.8 Å². The third-order valence-corrected chi connectivity index (χ3v) is 3.51. The topological polar surface area (TPSA) is 38.0 Å². The van der Waals surface area contributed by atoms with E-state index in [2.05, 4.69) is 5.32 Å². The molecule has 1 aliphatic carbocycles. The number of hydrogen-bond acceptors (Lipinski definition) is 2. The van der Waals surface area contributed by atoms with Crippen molar-refractivity contribution in [2.24, 2.45) is 11.7 Å². The van der Waals surface area contributed by atoms with Gasteiger partial charge in [0.15, 0.2) is 0 Å². The van der Waals surface area contributed by atoms with Gasteiger partial charge in [0.05, 0.1) is 5.56 Å². The van der Waals surface area contributed by atoms with Gasteiger partial charge in [-0.15, -0.1) is 0 Å². The minimum absolute atomic E-state index is 0.107. The number of rotatable bonds is 3. The first-order valence-corrected chi connectivity index (χ1v) is 6.14. The van der Waals surface area contributed by atoms with Gasteiger partial charge in [-0.05, 0) is 30.9 Å². The zero-order valence-corrected chi connectivity index (χ0v) is 10.0. The first-order valence-electron chi connectivity index (χ1n) is 6.14. The molecule has 1 aromatic carbocycles. The number of para-hydroxylation sites is 1. The molecule has 2 nitrogen and oxygen atoms in total. The van der Waals surface area contributed by atoms with Crippen molar-refractivity contribution in [3.05, 3.63) is 29.8 Å². The van der Waals surface area contributed by atoms with Crippen LogP contribution in [0, 0.1) is 5.92 Å². The van der Waals surface area contributed by atoms with E-state index in [1.807, 2.05) is 0 Å². The largest absolute Gasteiger partial charge is 0.418 e. The maximum absolute atomic E-state index is 12.8. The average Bonchev–Trinajstić information content (AvgIpc) is 2.71. The molecule has 0 heterocycles. The van der Waals surface area contributed by atoms with Crippen molar-refractivity contribution in [3.8, 4) is 0 Å². The first kappa shape index (κ1) is 13.2. The van der Waals surface area contributed by atoms with E-state index in [9.17, 15) is 13.2 Å². The highest BCUT2D eigenvalue weighted by atomic mass is 19.4. The SMILES string of the molecule is NC1CCCC1CNc1ccccc1C(F)(F)F. The molecule has 2 atom stereocenters. The van der Waals surface area contributed by atoms with E-state index in [-0.39, 0.29) is 17.6 Å². The number of hydrogen-bond donors (Lipinski definition) is 2. The van der Waals surface area contributed by atoms with Gasteiger partial charge in [-0.2, -0.15) is 13.2 Å². The minimum Gasteiger partial charge on any atom is -0.384 e. The normalized spacial score (nSPS) is 24.2. The van der Waals surface area contributed by atoms with E-state index in [0.717, 1.165) is 25.3 Å². The molecule has 0 radical (unpaired) electrons. The van der Waals surface area contributed by atoms with E-state index in [4.69, 9.17) is 5.73 Å². The van der Waals surface area contributed by atoms with Gasteiger partial charge in [0.25, 0.3) is 0 Å². The number of halogens is 3. The Morgan fingerprint density at radius 1 is 1.22 bits per heavy atom. The molecular formula is C13H17F3N2. The van der Waals surface area contributed by atoms with Crippen LogP contribution in [-0.4, -0.2) is 12.6 Å². The van der Waals surface area contributed by atoms with Crippen LogP contribution in [0.25, 0.3) is 0 Å². The number of alkyl halides is 3. The third kappa shape index (κ3) is 2.96. The molecule has 0 bridgehead atoms. The second kappa shape index (κ2) is 5.18. The van der Waals surface area contributed by atoms with E-state index in [1.165, 1.54) is 12.1 Å². The Morgan fingerprint density at radius 3 is 2.56 bits per heavy atom. The molecule has 100 valence electrons. The summed E-state index contributed by atoms with van der Waals surface area (Å²) in [5, 5.41) is 2.89. The molecule has 5 heteroatoms. The predicted molar refractivity (Wildman–Crippen MR) is 65.3 cm³/mol. The Bertz CT molecular complexity index is 403. The number of benzene rings is 1. The van der Waals surface area contributed by atoms with Gasteiger partial charge in [-0.3, -0.25) is 0 Å². The molecule has 0 aliphatic heterocycles. The maximum Gasteiger partial charge on any atom is 0.418 e. The molecule has 1 saturated carbocycles. The van der Waals surface area contributed by atoms with Crippen LogP contribution < -0.4 is 11.1 Å². The lowest BCUT2D eigenvalue weighted by atomic mass is 10.0. The van der Waals surface area contributed by atoms with E-state index in [1.54, 1.807) is 6.07 Å². The lowest BCUT2D eigenvalue weighted by Crippen LogP contribution is -2.30. The van der Waals surface area contributed by atoms with Gasteiger partial charge in [0, 0.05) is 18.3 Å². The Kier molecular flexibility index (Phi) is 3.80. The van der Waals surface area contributed by atoms with Crippen molar-refractivity contribution >= 4 is 5.69 Å². The number of nitrogens with one attached hydrogen (secondary N) is 1. The molecule has 18 heavy (non-hydrogen) atoms. The van der Waals surface area contributed by atoms with Gasteiger partial charge in [-0.1, -0.05) is 18.6 Å². The first-order chi connectivity index (χ1) is 8.48. The standard InChI is InChI=1S/C13H17F3N2/c14-13(15,16)10-5-1-2-7-12(10)18-8-9-4-3-6-11(9)17/h1-2,5,7,9,11,18H,3-4,6,8,17H2. The lowest BCUT2D eigenvalue weighted by molar-refractivity contribution is -0.136. The molecule has 1 fully saturated rings. The van der Waals surface area contributed by atoms with Crippen molar-refractivity contribution in [2.45, 2.75) is 31.5 Å². The second-order valence-corrected chi connectivity index (χ2v) is 4.78. The smallest absolute Gasteiger partial charge is 0.384 e. The van der Waals surface area contributed by atoms with E-state index < -0.39 is 11.7 Å². The molecule has 0 amide bonds. The van der Waals surface area contributed by atoms with Crippen molar-refractivity contribution in [1.29, 1.82) is 0 Å². The predicted octanol–water partition coefficient (Wildman–Crippen LogP) is 3.24. The van der Waals surface area contributed by atoms with Crippen LogP contribution in [0.2, 0.25) is 0 Å². The summed E-state index contributed by atoms with van der Waals surface area (Å²) in [4.78, 5) is 0. The van der Waals surface area contributed by atoms with Gasteiger partial charge in [-0.25, -0.2) is 0 Å². The minimum atomic E-state index is -4.32. The second-order valence-electron chi connectivity index (χ2n) is 4.78. The summed E-state index contributed by atoms with van der Waals surface area (Å²) in [6.45, 7) is 0.508. The third-order valence-electron chi connectivity index (χ3n) is 3.51. The number of nitrogens with two attached hydrogens (primary N) is 1. The highest BCUT2D eigenvalue weighted by Gasteiger charge is 2.33. The highest BCUT2D eigenvalue weighted by molar-refractivity contribution is 5.52. The van der Waals surface area contributed by atoms with Gasteiger partial charge >= 0.3 is 6.18 Å². The average molecular weight is 258 g/mol. The van der Waals surface area contributed by atoms with Crippen molar-refractivity contribution in [2.75, 3.05) is 11.9 Å². The van der Waals surface area contributed by atoms with Crippen molar-refractivity contribution < 1.29 is 13.2 Å². The molecule has 0 aromatic heterocycles. The quantitative estimate of drug-likeness (QED) is 0.873. The molecule has 2 unspecified atom stereocenters. The molecular weight excluding hydrogens is 241 g/mol. The fourth-order valence-corrected chi connectivity index (χ4v) is 2.44. The Hall–Kier alpha value is -1.23. The van der Waals surface area contributed by atoms with Gasteiger partial charge < -0.3 is 11.1 Å². The molecule has 1 aromatic rings. The Balaban J connectivity index is 2.05. The Labute approximate surface area is 104 Å². The van der Waals surface area contributed by atoms with Crippen LogP contribution in [-0.2, 0) is 6.18 Å². The van der Waals surface area contributed by atoms with Crippen LogP contribution in [0.15, 0.2) is 24.3 Å². The van der Waals surface area contributed by atoms with Gasteiger partial charge in [0.1, 0.15) is 0 Å². The molecule has 0 spiro atoms. The Morgan fingerprint density at radius 2 is 1.94 bits per heavy atom. The summed E-state index contributed by atoms with van der Waals surface area (Å²) >= 11 is 0. The molecule has 1 aliphatic rings. The van der Waals surface area contributed by atoms with Crippen molar-refractivity contribution in [3.63, 3.8) is 0 Å². The monoisotopic (exact) mass is 258 g/mol. The fourth-order valence-electron chi connectivity index (χ4n) is 2.44. The van der Waals surface area contributed by atoms with Crippen LogP contribution in [0.3, 0.4) is 0 Å². The summed E-state index contributed by atoms with van der Waals surface area (Å²) < 4.78 is 38.3. The summed E-state index contributed by atoms with van der Waals surface area (Å²) in [6.07, 6.45) is -1.30. The van der Waals surface area contributed by atoms with Crippen LogP contribution in [0.4, 0.5) is 18.9 Å².